The molecule has 0 bridgehead atoms. The van der Waals surface area contributed by atoms with Gasteiger partial charge in [-0.25, -0.2) is 9.59 Å². The number of likely N-dealkylation sites (tertiary alicyclic amines) is 1. The first-order valence-corrected chi connectivity index (χ1v) is 6.04. The standard InChI is InChI=1S/C12H20N2O4/c1-18-9-10-4-3-7-14(8-10)12(17)13-6-2-5-11(15)16/h2,5,10H,3-4,6-9H2,1H3,(H,13,17)(H,15,16)/b5-2+. The lowest BCUT2D eigenvalue weighted by Gasteiger charge is -2.32. The van der Waals surface area contributed by atoms with E-state index < -0.39 is 5.97 Å². The molecule has 0 spiro atoms. The van der Waals surface area contributed by atoms with Gasteiger partial charge >= 0.3 is 12.0 Å². The number of aliphatic carboxylic acids is 1. The summed E-state index contributed by atoms with van der Waals surface area (Å²) in [6.07, 6.45) is 4.49. The van der Waals surface area contributed by atoms with Crippen LogP contribution in [0.2, 0.25) is 0 Å². The fourth-order valence-electron chi connectivity index (χ4n) is 2.04. The Morgan fingerprint density at radius 3 is 3.00 bits per heavy atom. The van der Waals surface area contributed by atoms with Gasteiger partial charge in [-0.3, -0.25) is 0 Å². The van der Waals surface area contributed by atoms with Gasteiger partial charge in [-0.15, -0.1) is 0 Å². The van der Waals surface area contributed by atoms with Crippen molar-refractivity contribution in [1.82, 2.24) is 10.2 Å². The highest BCUT2D eigenvalue weighted by Gasteiger charge is 2.22. The van der Waals surface area contributed by atoms with Crippen LogP contribution in [0, 0.1) is 5.92 Å². The molecule has 1 heterocycles. The minimum absolute atomic E-state index is 0.147. The Labute approximate surface area is 107 Å². The van der Waals surface area contributed by atoms with Crippen LogP contribution < -0.4 is 5.32 Å². The number of carboxylic acids is 1. The molecule has 2 amide bonds. The molecule has 1 aliphatic rings. The molecule has 0 aromatic carbocycles. The fourth-order valence-corrected chi connectivity index (χ4v) is 2.04. The van der Waals surface area contributed by atoms with Gasteiger partial charge in [-0.05, 0) is 12.8 Å². The molecule has 1 atom stereocenters. The summed E-state index contributed by atoms with van der Waals surface area (Å²) in [6.45, 7) is 2.34. The summed E-state index contributed by atoms with van der Waals surface area (Å²) < 4.78 is 5.10. The van der Waals surface area contributed by atoms with Gasteiger partial charge in [0.1, 0.15) is 0 Å². The Kier molecular flexibility index (Phi) is 6.21. The highest BCUT2D eigenvalue weighted by molar-refractivity contribution is 5.80. The molecule has 6 heteroatoms. The van der Waals surface area contributed by atoms with Crippen molar-refractivity contribution in [2.75, 3.05) is 33.4 Å². The van der Waals surface area contributed by atoms with Crippen molar-refractivity contribution in [3.05, 3.63) is 12.2 Å². The number of nitrogens with one attached hydrogen (secondary N) is 1. The number of rotatable bonds is 5. The topological polar surface area (TPSA) is 78.9 Å². The first-order valence-electron chi connectivity index (χ1n) is 6.04. The monoisotopic (exact) mass is 256 g/mol. The van der Waals surface area contributed by atoms with Gasteiger partial charge in [-0.2, -0.15) is 0 Å². The Bertz CT molecular complexity index is 315. The highest BCUT2D eigenvalue weighted by atomic mass is 16.5. The van der Waals surface area contributed by atoms with Crippen molar-refractivity contribution in [3.8, 4) is 0 Å². The van der Waals surface area contributed by atoms with Gasteiger partial charge in [0.25, 0.3) is 0 Å². The predicted octanol–water partition coefficient (Wildman–Crippen LogP) is 0.695. The Balaban J connectivity index is 2.30. The van der Waals surface area contributed by atoms with Crippen LogP contribution in [0.15, 0.2) is 12.2 Å². The largest absolute Gasteiger partial charge is 0.478 e. The van der Waals surface area contributed by atoms with E-state index in [9.17, 15) is 9.59 Å². The quantitative estimate of drug-likeness (QED) is 0.709. The van der Waals surface area contributed by atoms with E-state index in [0.29, 0.717) is 19.1 Å². The summed E-state index contributed by atoms with van der Waals surface area (Å²) in [6, 6.07) is -0.147. The molecule has 1 saturated heterocycles. The normalized spacial score (nSPS) is 20.1. The Hall–Kier alpha value is -1.56. The minimum Gasteiger partial charge on any atom is -0.478 e. The van der Waals surface area contributed by atoms with E-state index in [1.54, 1.807) is 12.0 Å². The molecule has 1 rings (SSSR count). The number of amides is 2. The van der Waals surface area contributed by atoms with Crippen molar-refractivity contribution in [2.24, 2.45) is 5.92 Å². The molecular weight excluding hydrogens is 236 g/mol. The molecule has 102 valence electrons. The third-order valence-electron chi connectivity index (χ3n) is 2.84. The lowest BCUT2D eigenvalue weighted by Crippen LogP contribution is -2.46. The van der Waals surface area contributed by atoms with Crippen molar-refractivity contribution in [2.45, 2.75) is 12.8 Å². The molecule has 0 aromatic rings. The maximum absolute atomic E-state index is 11.8. The summed E-state index contributed by atoms with van der Waals surface area (Å²) in [5, 5.41) is 11.1. The minimum atomic E-state index is -1.01. The number of ether oxygens (including phenoxy) is 1. The van der Waals surface area contributed by atoms with Crippen molar-refractivity contribution < 1.29 is 19.4 Å². The van der Waals surface area contributed by atoms with Crippen LogP contribution in [-0.2, 0) is 9.53 Å². The van der Waals surface area contributed by atoms with Gasteiger partial charge in [0, 0.05) is 38.7 Å². The second kappa shape index (κ2) is 7.71. The van der Waals surface area contributed by atoms with Crippen LogP contribution >= 0.6 is 0 Å². The summed E-state index contributed by atoms with van der Waals surface area (Å²) in [7, 11) is 1.66. The van der Waals surface area contributed by atoms with Gasteiger partial charge in [0.2, 0.25) is 0 Å². The van der Waals surface area contributed by atoms with Crippen LogP contribution in [0.5, 0.6) is 0 Å². The van der Waals surface area contributed by atoms with Crippen LogP contribution in [0.1, 0.15) is 12.8 Å². The number of carboxylic acid groups (broad SMARTS) is 1. The average molecular weight is 256 g/mol. The predicted molar refractivity (Wildman–Crippen MR) is 66.3 cm³/mol. The van der Waals surface area contributed by atoms with Crippen molar-refractivity contribution in [3.63, 3.8) is 0 Å². The number of carbonyl (C=O) groups excluding carboxylic acids is 1. The average Bonchev–Trinajstić information content (AvgIpc) is 2.35. The van der Waals surface area contributed by atoms with Crippen LogP contribution in [0.3, 0.4) is 0 Å². The summed E-state index contributed by atoms with van der Waals surface area (Å²) in [5.74, 6) is -0.619. The number of nitrogens with zero attached hydrogens (tertiary/aromatic N) is 1. The molecule has 0 aliphatic carbocycles. The van der Waals surface area contributed by atoms with Gasteiger partial charge < -0.3 is 20.1 Å². The number of methoxy groups -OCH3 is 1. The molecule has 1 fully saturated rings. The third-order valence-corrected chi connectivity index (χ3v) is 2.84. The molecule has 0 aromatic heterocycles. The first kappa shape index (κ1) is 14.5. The molecule has 0 radical (unpaired) electrons. The van der Waals surface area contributed by atoms with Gasteiger partial charge in [0.05, 0.1) is 6.61 Å². The maximum Gasteiger partial charge on any atom is 0.328 e. The third kappa shape index (κ3) is 5.18. The van der Waals surface area contributed by atoms with Crippen LogP contribution in [-0.4, -0.2) is 55.4 Å². The molecule has 0 saturated carbocycles. The zero-order chi connectivity index (χ0) is 13.4. The zero-order valence-corrected chi connectivity index (χ0v) is 10.6. The van der Waals surface area contributed by atoms with E-state index in [0.717, 1.165) is 25.5 Å². The molecule has 18 heavy (non-hydrogen) atoms. The second-order valence-electron chi connectivity index (χ2n) is 4.34. The smallest absolute Gasteiger partial charge is 0.328 e. The molecule has 1 unspecified atom stereocenters. The van der Waals surface area contributed by atoms with E-state index in [4.69, 9.17) is 9.84 Å². The number of hydrogen-bond donors (Lipinski definition) is 2. The van der Waals surface area contributed by atoms with E-state index in [-0.39, 0.29) is 12.6 Å². The van der Waals surface area contributed by atoms with Crippen LogP contribution in [0.4, 0.5) is 4.79 Å². The number of carbonyl (C=O) groups is 2. The fraction of sp³-hybridized carbons (Fsp3) is 0.667. The van der Waals surface area contributed by atoms with Crippen molar-refractivity contribution in [1.29, 1.82) is 0 Å². The second-order valence-corrected chi connectivity index (χ2v) is 4.34. The Morgan fingerprint density at radius 1 is 1.56 bits per heavy atom. The van der Waals surface area contributed by atoms with E-state index in [1.807, 2.05) is 0 Å². The lowest BCUT2D eigenvalue weighted by atomic mass is 9.99. The summed E-state index contributed by atoms with van der Waals surface area (Å²) in [5.41, 5.74) is 0. The summed E-state index contributed by atoms with van der Waals surface area (Å²) >= 11 is 0. The lowest BCUT2D eigenvalue weighted by molar-refractivity contribution is -0.131. The number of hydrogen-bond acceptors (Lipinski definition) is 3. The molecule has 2 N–H and O–H groups in total. The molecular formula is C12H20N2O4. The highest BCUT2D eigenvalue weighted by Crippen LogP contribution is 2.16. The summed E-state index contributed by atoms with van der Waals surface area (Å²) in [4.78, 5) is 23.8. The van der Waals surface area contributed by atoms with E-state index in [1.165, 1.54) is 6.08 Å². The number of piperidine rings is 1. The number of urea groups is 1. The van der Waals surface area contributed by atoms with Gasteiger partial charge in [0.15, 0.2) is 0 Å². The van der Waals surface area contributed by atoms with E-state index >= 15 is 0 Å². The SMILES string of the molecule is COCC1CCCN(C(=O)NC/C=C/C(=O)O)C1. The molecule has 6 nitrogen and oxygen atoms in total. The molecule has 1 aliphatic heterocycles. The first-order chi connectivity index (χ1) is 8.63. The maximum atomic E-state index is 11.8. The van der Waals surface area contributed by atoms with Crippen LogP contribution in [0.25, 0.3) is 0 Å². The van der Waals surface area contributed by atoms with Crippen molar-refractivity contribution >= 4 is 12.0 Å². The Morgan fingerprint density at radius 2 is 2.33 bits per heavy atom. The van der Waals surface area contributed by atoms with E-state index in [2.05, 4.69) is 5.32 Å². The zero-order valence-electron chi connectivity index (χ0n) is 10.6. The van der Waals surface area contributed by atoms with Gasteiger partial charge in [-0.1, -0.05) is 6.08 Å².